The number of aliphatic hydroxyl groups is 1. The molecule has 0 aliphatic carbocycles. The van der Waals surface area contributed by atoms with E-state index < -0.39 is 69.8 Å². The third kappa shape index (κ3) is 5.37. The van der Waals surface area contributed by atoms with Crippen LogP contribution < -0.4 is 15.6 Å². The minimum absolute atomic E-state index is 0.0323. The SMILES string of the molecule is O=C(N[C@H](c1cccc(F)c1)C(F)(F)F)c1cn(-c2ccc(F)cc2F)c2nc(N3C[C@@H](O)CC3=O)ccc2c1=O. The summed E-state index contributed by atoms with van der Waals surface area (Å²) >= 11 is 0. The van der Waals surface area contributed by atoms with Gasteiger partial charge in [-0.25, -0.2) is 18.2 Å². The summed E-state index contributed by atoms with van der Waals surface area (Å²) in [5.74, 6) is -5.14. The average Bonchev–Trinajstić information content (AvgIpc) is 3.24. The number of rotatable bonds is 5. The minimum atomic E-state index is -5.09. The molecule has 0 radical (unpaired) electrons. The Labute approximate surface area is 226 Å². The highest BCUT2D eigenvalue weighted by molar-refractivity contribution is 5.99. The maximum Gasteiger partial charge on any atom is 0.412 e. The Bertz CT molecular complexity index is 1760. The molecular formula is C27H18F6N4O4. The third-order valence-corrected chi connectivity index (χ3v) is 6.42. The van der Waals surface area contributed by atoms with Crippen molar-refractivity contribution in [3.8, 4) is 5.69 Å². The molecule has 2 amide bonds. The zero-order chi connectivity index (χ0) is 29.6. The second kappa shape index (κ2) is 10.4. The lowest BCUT2D eigenvalue weighted by Crippen LogP contribution is -2.40. The van der Waals surface area contributed by atoms with E-state index in [1.165, 1.54) is 6.07 Å². The number of alkyl halides is 3. The summed E-state index contributed by atoms with van der Waals surface area (Å²) in [6.45, 7) is -0.119. The summed E-state index contributed by atoms with van der Waals surface area (Å²) < 4.78 is 84.8. The Balaban J connectivity index is 1.67. The van der Waals surface area contributed by atoms with E-state index >= 15 is 0 Å². The van der Waals surface area contributed by atoms with Crippen molar-refractivity contribution in [2.24, 2.45) is 0 Å². The molecule has 0 saturated carbocycles. The smallest absolute Gasteiger partial charge is 0.391 e. The van der Waals surface area contributed by atoms with Gasteiger partial charge in [0, 0.05) is 12.3 Å². The topological polar surface area (TPSA) is 105 Å². The first-order chi connectivity index (χ1) is 19.3. The number of anilines is 1. The van der Waals surface area contributed by atoms with E-state index in [0.717, 1.165) is 52.1 Å². The van der Waals surface area contributed by atoms with Gasteiger partial charge in [-0.05, 0) is 42.0 Å². The van der Waals surface area contributed by atoms with Crippen molar-refractivity contribution in [3.63, 3.8) is 0 Å². The predicted molar refractivity (Wildman–Crippen MR) is 133 cm³/mol. The number of amides is 2. The van der Waals surface area contributed by atoms with E-state index in [-0.39, 0.29) is 29.8 Å². The van der Waals surface area contributed by atoms with Crippen molar-refractivity contribution in [2.45, 2.75) is 24.7 Å². The van der Waals surface area contributed by atoms with Crippen LogP contribution in [-0.4, -0.2) is 45.3 Å². The van der Waals surface area contributed by atoms with Gasteiger partial charge in [0.1, 0.15) is 28.8 Å². The summed E-state index contributed by atoms with van der Waals surface area (Å²) in [5.41, 5.74) is -3.29. The first-order valence-corrected chi connectivity index (χ1v) is 12.0. The standard InChI is InChI=1S/C27H18F6N4O4/c28-14-3-1-2-13(8-14)24(27(31,32)33)35-26(41)18-12-36(20-6-4-15(29)9-19(20)30)25-17(23(18)40)5-7-21(34-25)37-11-16(38)10-22(37)39/h1-9,12,16,24,38H,10-11H2,(H,35,41)/t16-,24+/m0/s1. The van der Waals surface area contributed by atoms with Crippen molar-refractivity contribution in [3.05, 3.63) is 99.6 Å². The van der Waals surface area contributed by atoms with Gasteiger partial charge < -0.3 is 10.4 Å². The van der Waals surface area contributed by atoms with Gasteiger partial charge in [0.15, 0.2) is 11.7 Å². The van der Waals surface area contributed by atoms with Crippen molar-refractivity contribution in [1.82, 2.24) is 14.9 Å². The van der Waals surface area contributed by atoms with Crippen LogP contribution in [0.15, 0.2) is 65.6 Å². The molecule has 8 nitrogen and oxygen atoms in total. The molecule has 41 heavy (non-hydrogen) atoms. The van der Waals surface area contributed by atoms with Gasteiger partial charge in [0.25, 0.3) is 5.91 Å². The fourth-order valence-corrected chi connectivity index (χ4v) is 4.52. The summed E-state index contributed by atoms with van der Waals surface area (Å²) in [6.07, 6.45) is -5.52. The van der Waals surface area contributed by atoms with Crippen LogP contribution in [0.3, 0.4) is 0 Å². The lowest BCUT2D eigenvalue weighted by molar-refractivity contribution is -0.155. The molecule has 3 heterocycles. The second-order valence-corrected chi connectivity index (χ2v) is 9.24. The van der Waals surface area contributed by atoms with E-state index in [4.69, 9.17) is 0 Å². The van der Waals surface area contributed by atoms with Gasteiger partial charge in [-0.1, -0.05) is 12.1 Å². The van der Waals surface area contributed by atoms with Crippen molar-refractivity contribution in [2.75, 3.05) is 11.4 Å². The number of β-amino-alcohol motifs (C(OH)–C–C–N with tert-alkyl or cyclic N) is 1. The van der Waals surface area contributed by atoms with Crippen molar-refractivity contribution < 1.29 is 41.0 Å². The fraction of sp³-hybridized carbons (Fsp3) is 0.185. The van der Waals surface area contributed by atoms with Crippen molar-refractivity contribution in [1.29, 1.82) is 0 Å². The molecule has 2 aromatic heterocycles. The average molecular weight is 576 g/mol. The monoisotopic (exact) mass is 576 g/mol. The number of carbonyl (C=O) groups excluding carboxylic acids is 2. The number of pyridine rings is 2. The molecule has 212 valence electrons. The molecule has 5 rings (SSSR count). The molecule has 2 atom stereocenters. The van der Waals surface area contributed by atoms with E-state index in [0.29, 0.717) is 12.1 Å². The summed E-state index contributed by atoms with van der Waals surface area (Å²) in [7, 11) is 0. The number of fused-ring (bicyclic) bond motifs is 1. The molecule has 2 aromatic carbocycles. The van der Waals surface area contributed by atoms with Crippen LogP contribution in [0.1, 0.15) is 28.4 Å². The Kier molecular flexibility index (Phi) is 7.03. The van der Waals surface area contributed by atoms with Crippen LogP contribution in [0.4, 0.5) is 32.2 Å². The van der Waals surface area contributed by atoms with E-state index in [1.54, 1.807) is 5.32 Å². The Morgan fingerprint density at radius 2 is 1.76 bits per heavy atom. The van der Waals surface area contributed by atoms with E-state index in [9.17, 15) is 45.8 Å². The maximum atomic E-state index is 14.9. The number of nitrogens with one attached hydrogen (secondary N) is 1. The molecule has 4 aromatic rings. The Morgan fingerprint density at radius 1 is 1.02 bits per heavy atom. The molecular weight excluding hydrogens is 558 g/mol. The Hall–Kier alpha value is -4.72. The molecule has 2 N–H and O–H groups in total. The number of aliphatic hydroxyl groups excluding tert-OH is 1. The zero-order valence-corrected chi connectivity index (χ0v) is 20.6. The van der Waals surface area contributed by atoms with Gasteiger partial charge in [0.2, 0.25) is 11.3 Å². The van der Waals surface area contributed by atoms with Crippen LogP contribution in [0.2, 0.25) is 0 Å². The van der Waals surface area contributed by atoms with Crippen molar-refractivity contribution >= 4 is 28.7 Å². The molecule has 1 aliphatic heterocycles. The number of aromatic nitrogens is 2. The summed E-state index contributed by atoms with van der Waals surface area (Å²) in [6, 6.07) is 5.44. The highest BCUT2D eigenvalue weighted by Crippen LogP contribution is 2.33. The van der Waals surface area contributed by atoms with Crippen LogP contribution >= 0.6 is 0 Å². The normalized spacial score (nSPS) is 16.3. The van der Waals surface area contributed by atoms with Gasteiger partial charge in [-0.15, -0.1) is 0 Å². The number of benzene rings is 2. The third-order valence-electron chi connectivity index (χ3n) is 6.42. The van der Waals surface area contributed by atoms with Crippen LogP contribution in [0.25, 0.3) is 16.7 Å². The summed E-state index contributed by atoms with van der Waals surface area (Å²) in [5, 5.41) is 11.2. The lowest BCUT2D eigenvalue weighted by atomic mass is 10.1. The molecule has 1 fully saturated rings. The predicted octanol–water partition coefficient (Wildman–Crippen LogP) is 3.93. The summed E-state index contributed by atoms with van der Waals surface area (Å²) in [4.78, 5) is 44.1. The molecule has 0 spiro atoms. The Morgan fingerprint density at radius 3 is 2.39 bits per heavy atom. The molecule has 1 aliphatic rings. The molecule has 0 bridgehead atoms. The number of nitrogens with zero attached hydrogens (tertiary/aromatic N) is 3. The number of hydrogen-bond acceptors (Lipinski definition) is 5. The second-order valence-electron chi connectivity index (χ2n) is 9.24. The quantitative estimate of drug-likeness (QED) is 0.351. The van der Waals surface area contributed by atoms with Crippen LogP contribution in [-0.2, 0) is 4.79 Å². The van der Waals surface area contributed by atoms with Crippen LogP contribution in [0.5, 0.6) is 0 Å². The van der Waals surface area contributed by atoms with Gasteiger partial charge in [-0.2, -0.15) is 13.2 Å². The first kappa shape index (κ1) is 27.8. The first-order valence-electron chi connectivity index (χ1n) is 12.0. The zero-order valence-electron chi connectivity index (χ0n) is 20.6. The highest BCUT2D eigenvalue weighted by Gasteiger charge is 2.42. The molecule has 1 saturated heterocycles. The minimum Gasteiger partial charge on any atom is -0.391 e. The lowest BCUT2D eigenvalue weighted by Gasteiger charge is -2.22. The van der Waals surface area contributed by atoms with Crippen LogP contribution in [0, 0.1) is 17.5 Å². The number of halogens is 6. The van der Waals surface area contributed by atoms with Gasteiger partial charge in [-0.3, -0.25) is 23.9 Å². The molecule has 0 unspecified atom stereocenters. The van der Waals surface area contributed by atoms with E-state index in [2.05, 4.69) is 4.98 Å². The largest absolute Gasteiger partial charge is 0.412 e. The molecule has 14 heteroatoms. The maximum absolute atomic E-state index is 14.9. The van der Waals surface area contributed by atoms with E-state index in [1.807, 2.05) is 0 Å². The highest BCUT2D eigenvalue weighted by atomic mass is 19.4. The number of hydrogen-bond donors (Lipinski definition) is 2. The van der Waals surface area contributed by atoms with Gasteiger partial charge >= 0.3 is 6.18 Å². The fourth-order valence-electron chi connectivity index (χ4n) is 4.52. The number of carbonyl (C=O) groups is 2. The van der Waals surface area contributed by atoms with Gasteiger partial charge in [0.05, 0.1) is 30.1 Å².